The van der Waals surface area contributed by atoms with Gasteiger partial charge in [-0.1, -0.05) is 12.1 Å². The second-order valence-corrected chi connectivity index (χ2v) is 12.4. The number of rotatable bonds is 6. The number of alkyl halides is 3. The van der Waals surface area contributed by atoms with Crippen molar-refractivity contribution in [3.05, 3.63) is 69.8 Å². The smallest absolute Gasteiger partial charge is 0.345 e. The first-order chi connectivity index (χ1) is 18.1. The summed E-state index contributed by atoms with van der Waals surface area (Å²) in [7, 11) is -0.321. The van der Waals surface area contributed by atoms with Gasteiger partial charge in [-0.25, -0.2) is 12.7 Å². The first-order valence-electron chi connectivity index (χ1n) is 12.5. The van der Waals surface area contributed by atoms with E-state index in [0.29, 0.717) is 11.1 Å². The van der Waals surface area contributed by atoms with Crippen molar-refractivity contribution in [1.29, 1.82) is 0 Å². The molecule has 1 spiro atoms. The van der Waals surface area contributed by atoms with Gasteiger partial charge in [0, 0.05) is 38.3 Å². The molecule has 0 unspecified atom stereocenters. The van der Waals surface area contributed by atoms with E-state index in [4.69, 9.17) is 0 Å². The van der Waals surface area contributed by atoms with Crippen molar-refractivity contribution in [3.63, 3.8) is 0 Å². The van der Waals surface area contributed by atoms with Gasteiger partial charge in [0.1, 0.15) is 11.4 Å². The van der Waals surface area contributed by atoms with E-state index >= 15 is 0 Å². The van der Waals surface area contributed by atoms with E-state index in [1.807, 2.05) is 6.92 Å². The summed E-state index contributed by atoms with van der Waals surface area (Å²) in [6, 6.07) is 8.48. The molecule has 0 saturated carbocycles. The highest BCUT2D eigenvalue weighted by molar-refractivity contribution is 7.89. The molecular weight excluding hydrogens is 533 g/mol. The van der Waals surface area contributed by atoms with Gasteiger partial charge in [0.2, 0.25) is 10.0 Å². The van der Waals surface area contributed by atoms with E-state index in [2.05, 4.69) is 10.3 Å². The monoisotopic (exact) mass is 564 g/mol. The second kappa shape index (κ2) is 10.4. The highest BCUT2D eigenvalue weighted by Crippen LogP contribution is 2.35. The minimum atomic E-state index is -4.53. The number of benzene rings is 2. The van der Waals surface area contributed by atoms with Crippen LogP contribution >= 0.6 is 0 Å². The quantitative estimate of drug-likeness (QED) is 0.582. The highest BCUT2D eigenvalue weighted by atomic mass is 32.2. The van der Waals surface area contributed by atoms with Crippen LogP contribution in [-0.4, -0.2) is 73.7 Å². The molecule has 2 aromatic carbocycles. The average molecular weight is 565 g/mol. The van der Waals surface area contributed by atoms with Crippen LogP contribution < -0.4 is 5.32 Å². The number of hydrogen-bond donors (Lipinski definition) is 1. The molecule has 1 N–H and O–H groups in total. The number of carbonyl (C=O) groups excluding carboxylic acids is 2. The molecule has 0 aromatic heterocycles. The number of hydrogen-bond acceptors (Lipinski definition) is 5. The minimum Gasteiger partial charge on any atom is -0.345 e. The maximum Gasteiger partial charge on any atom is 0.416 e. The molecule has 0 bridgehead atoms. The summed E-state index contributed by atoms with van der Waals surface area (Å²) in [6.45, 7) is 3.62. The molecule has 2 heterocycles. The molecule has 39 heavy (non-hydrogen) atoms. The lowest BCUT2D eigenvalue weighted by Crippen LogP contribution is -2.50. The fourth-order valence-corrected chi connectivity index (χ4v) is 6.38. The molecule has 2 amide bonds. The van der Waals surface area contributed by atoms with Crippen LogP contribution in [0.2, 0.25) is 0 Å². The lowest BCUT2D eigenvalue weighted by Gasteiger charge is -2.34. The summed E-state index contributed by atoms with van der Waals surface area (Å²) in [5.41, 5.74) is 0.852. The molecular formula is C27H31F3N4O4S. The molecule has 1 fully saturated rings. The van der Waals surface area contributed by atoms with Gasteiger partial charge in [-0.15, -0.1) is 0 Å². The van der Waals surface area contributed by atoms with Crippen molar-refractivity contribution in [2.45, 2.75) is 44.8 Å². The Labute approximate surface area is 225 Å². The molecule has 1 saturated heterocycles. The van der Waals surface area contributed by atoms with Crippen LogP contribution in [0.1, 0.15) is 51.0 Å². The van der Waals surface area contributed by atoms with E-state index in [1.54, 1.807) is 39.2 Å². The van der Waals surface area contributed by atoms with Crippen LogP contribution in [0.3, 0.4) is 0 Å². The standard InChI is InChI=1S/C27H31F3N4O4S/c1-17-5-8-21(27(28,29)30)16-22(17)23-31-25(36)26(32-23)10-12-34(13-11-26)39(37,38)14-9-19-6-7-20(15-18(19)2)24(35)33(3)4/h5-8,15-16H,9-14H2,1-4H3,(H,31,32,36). The summed E-state index contributed by atoms with van der Waals surface area (Å²) in [4.78, 5) is 31.1. The zero-order chi connectivity index (χ0) is 28.8. The fraction of sp³-hybridized carbons (Fsp3) is 0.444. The number of nitrogens with zero attached hydrogens (tertiary/aromatic N) is 3. The van der Waals surface area contributed by atoms with E-state index in [0.717, 1.165) is 23.3 Å². The number of nitrogens with one attached hydrogen (secondary N) is 1. The van der Waals surface area contributed by atoms with Gasteiger partial charge in [-0.3, -0.25) is 14.6 Å². The van der Waals surface area contributed by atoms with E-state index in [9.17, 15) is 31.2 Å². The van der Waals surface area contributed by atoms with Crippen molar-refractivity contribution in [2.24, 2.45) is 4.99 Å². The van der Waals surface area contributed by atoms with Gasteiger partial charge in [0.05, 0.1) is 11.3 Å². The third-order valence-electron chi connectivity index (χ3n) is 7.37. The first-order valence-corrected chi connectivity index (χ1v) is 14.1. The Balaban J connectivity index is 1.44. The van der Waals surface area contributed by atoms with Crippen LogP contribution in [0.15, 0.2) is 41.4 Å². The first kappa shape index (κ1) is 28.8. The number of carbonyl (C=O) groups is 2. The molecule has 0 atom stereocenters. The number of piperidine rings is 1. The number of amidine groups is 1. The highest BCUT2D eigenvalue weighted by Gasteiger charge is 2.47. The Bertz CT molecular complexity index is 1440. The van der Waals surface area contributed by atoms with Crippen molar-refractivity contribution in [1.82, 2.24) is 14.5 Å². The molecule has 210 valence electrons. The van der Waals surface area contributed by atoms with Crippen LogP contribution in [-0.2, 0) is 27.4 Å². The number of aryl methyl sites for hydroxylation is 3. The maximum absolute atomic E-state index is 13.2. The third-order valence-corrected chi connectivity index (χ3v) is 9.24. The van der Waals surface area contributed by atoms with Gasteiger partial charge in [0.25, 0.3) is 11.8 Å². The summed E-state index contributed by atoms with van der Waals surface area (Å²) < 4.78 is 67.2. The van der Waals surface area contributed by atoms with Crippen LogP contribution in [0.5, 0.6) is 0 Å². The predicted molar refractivity (Wildman–Crippen MR) is 141 cm³/mol. The van der Waals surface area contributed by atoms with Gasteiger partial charge < -0.3 is 10.2 Å². The molecule has 8 nitrogen and oxygen atoms in total. The Hall–Kier alpha value is -3.25. The van der Waals surface area contributed by atoms with Gasteiger partial charge in [-0.05, 0) is 74.1 Å². The lowest BCUT2D eigenvalue weighted by atomic mass is 9.89. The van der Waals surface area contributed by atoms with Crippen molar-refractivity contribution in [2.75, 3.05) is 32.9 Å². The maximum atomic E-state index is 13.2. The fourth-order valence-electron chi connectivity index (χ4n) is 4.91. The van der Waals surface area contributed by atoms with E-state index in [-0.39, 0.29) is 55.4 Å². The van der Waals surface area contributed by atoms with Gasteiger partial charge >= 0.3 is 6.18 Å². The average Bonchev–Trinajstić information content (AvgIpc) is 3.17. The van der Waals surface area contributed by atoms with Crippen molar-refractivity contribution >= 4 is 27.7 Å². The SMILES string of the molecule is Cc1cc(C(=O)N(C)C)ccc1CCS(=O)(=O)N1CCC2(CC1)N=C(c1cc(C(F)(F)F)ccc1C)NC2=O. The zero-order valence-electron chi connectivity index (χ0n) is 22.2. The number of halogens is 3. The Morgan fingerprint density at radius 1 is 1.08 bits per heavy atom. The molecule has 2 aromatic rings. The van der Waals surface area contributed by atoms with Crippen molar-refractivity contribution < 1.29 is 31.2 Å². The lowest BCUT2D eigenvalue weighted by molar-refractivity contribution is -0.137. The van der Waals surface area contributed by atoms with Crippen molar-refractivity contribution in [3.8, 4) is 0 Å². The summed E-state index contributed by atoms with van der Waals surface area (Å²) in [5, 5.41) is 2.62. The molecule has 4 rings (SSSR count). The van der Waals surface area contributed by atoms with Gasteiger partial charge in [0.15, 0.2) is 0 Å². The normalized spacial score (nSPS) is 17.7. The van der Waals surface area contributed by atoms with Crippen LogP contribution in [0, 0.1) is 13.8 Å². The second-order valence-electron chi connectivity index (χ2n) is 10.3. The molecule has 2 aliphatic rings. The Morgan fingerprint density at radius 2 is 1.74 bits per heavy atom. The molecule has 12 heteroatoms. The van der Waals surface area contributed by atoms with Crippen LogP contribution in [0.25, 0.3) is 0 Å². The Morgan fingerprint density at radius 3 is 2.33 bits per heavy atom. The van der Waals surface area contributed by atoms with Gasteiger partial charge in [-0.2, -0.15) is 13.2 Å². The predicted octanol–water partition coefficient (Wildman–Crippen LogP) is 3.31. The minimum absolute atomic E-state index is 0.0728. The number of sulfonamides is 1. The summed E-state index contributed by atoms with van der Waals surface area (Å²) in [6.07, 6.45) is -4.02. The number of aliphatic imine (C=N–C) groups is 1. The molecule has 0 aliphatic carbocycles. The van der Waals surface area contributed by atoms with E-state index < -0.39 is 33.2 Å². The molecule has 0 radical (unpaired) electrons. The summed E-state index contributed by atoms with van der Waals surface area (Å²) >= 11 is 0. The number of amides is 2. The van der Waals surface area contributed by atoms with E-state index in [1.165, 1.54) is 15.3 Å². The van der Waals surface area contributed by atoms with Crippen LogP contribution in [0.4, 0.5) is 13.2 Å². The largest absolute Gasteiger partial charge is 0.416 e. The Kier molecular flexibility index (Phi) is 7.65. The topological polar surface area (TPSA) is 99.2 Å². The summed E-state index contributed by atoms with van der Waals surface area (Å²) in [5.74, 6) is -0.628. The molecule has 2 aliphatic heterocycles. The zero-order valence-corrected chi connectivity index (χ0v) is 23.0. The third kappa shape index (κ3) is 5.86.